The Kier molecular flexibility index (Phi) is 6.49. The molecule has 1 atom stereocenters. The van der Waals surface area contributed by atoms with Crippen LogP contribution < -0.4 is 10.2 Å². The number of aryl methyl sites for hydroxylation is 1. The molecule has 2 amide bonds. The van der Waals surface area contributed by atoms with E-state index in [1.807, 2.05) is 24.3 Å². The lowest BCUT2D eigenvalue weighted by atomic mass is 10.0. The van der Waals surface area contributed by atoms with Crippen LogP contribution in [0.15, 0.2) is 48.5 Å². The van der Waals surface area contributed by atoms with Gasteiger partial charge < -0.3 is 14.4 Å². The van der Waals surface area contributed by atoms with Crippen LogP contribution >= 0.6 is 0 Å². The zero-order valence-corrected chi connectivity index (χ0v) is 16.5. The molecule has 2 aromatic carbocycles. The molecule has 29 heavy (non-hydrogen) atoms. The van der Waals surface area contributed by atoms with E-state index in [9.17, 15) is 14.4 Å². The van der Waals surface area contributed by atoms with Crippen molar-refractivity contribution in [2.45, 2.75) is 32.8 Å². The fourth-order valence-electron chi connectivity index (χ4n) is 3.27. The van der Waals surface area contributed by atoms with E-state index in [-0.39, 0.29) is 18.1 Å². The molecule has 1 N–H and O–H groups in total. The molecule has 0 aromatic heterocycles. The first kappa shape index (κ1) is 20.4. The SMILES string of the molecule is CCOC(=O)Nc1cccc(C(=O)OC(C)C(=O)N2CCCc3ccccc32)c1. The van der Waals surface area contributed by atoms with Crippen LogP contribution in [0.4, 0.5) is 16.2 Å². The van der Waals surface area contributed by atoms with E-state index < -0.39 is 18.2 Å². The summed E-state index contributed by atoms with van der Waals surface area (Å²) in [6.07, 6.45) is 0.250. The zero-order chi connectivity index (χ0) is 20.8. The third-order valence-corrected chi connectivity index (χ3v) is 4.63. The van der Waals surface area contributed by atoms with Gasteiger partial charge in [0.25, 0.3) is 5.91 Å². The number of hydrogen-bond donors (Lipinski definition) is 1. The van der Waals surface area contributed by atoms with E-state index in [1.165, 1.54) is 6.07 Å². The fraction of sp³-hybridized carbons (Fsp3) is 0.318. The number of carbonyl (C=O) groups excluding carboxylic acids is 3. The van der Waals surface area contributed by atoms with Gasteiger partial charge in [-0.05, 0) is 56.5 Å². The summed E-state index contributed by atoms with van der Waals surface area (Å²) in [4.78, 5) is 38.6. The summed E-state index contributed by atoms with van der Waals surface area (Å²) in [6.45, 7) is 4.11. The van der Waals surface area contributed by atoms with Gasteiger partial charge in [0.05, 0.1) is 12.2 Å². The van der Waals surface area contributed by atoms with Crippen molar-refractivity contribution in [3.8, 4) is 0 Å². The predicted octanol–water partition coefficient (Wildman–Crippen LogP) is 3.78. The Bertz CT molecular complexity index is 912. The number of nitrogens with zero attached hydrogens (tertiary/aromatic N) is 1. The Morgan fingerprint density at radius 1 is 1.14 bits per heavy atom. The van der Waals surface area contributed by atoms with Crippen LogP contribution in [0.3, 0.4) is 0 Å². The normalized spacial score (nSPS) is 13.8. The topological polar surface area (TPSA) is 84.9 Å². The van der Waals surface area contributed by atoms with Crippen molar-refractivity contribution >= 4 is 29.3 Å². The van der Waals surface area contributed by atoms with Crippen LogP contribution in [0.5, 0.6) is 0 Å². The van der Waals surface area contributed by atoms with Gasteiger partial charge in [0.1, 0.15) is 0 Å². The fourth-order valence-corrected chi connectivity index (χ4v) is 3.27. The maximum absolute atomic E-state index is 12.9. The molecule has 0 saturated carbocycles. The first-order chi connectivity index (χ1) is 14.0. The quantitative estimate of drug-likeness (QED) is 0.778. The van der Waals surface area contributed by atoms with Gasteiger partial charge in [-0.15, -0.1) is 0 Å². The second-order valence-corrected chi connectivity index (χ2v) is 6.70. The number of esters is 1. The molecule has 2 aromatic rings. The van der Waals surface area contributed by atoms with E-state index in [4.69, 9.17) is 9.47 Å². The molecule has 0 radical (unpaired) electrons. The lowest BCUT2D eigenvalue weighted by molar-refractivity contribution is -0.126. The highest BCUT2D eigenvalue weighted by atomic mass is 16.6. The molecule has 0 fully saturated rings. The number of hydrogen-bond acceptors (Lipinski definition) is 5. The Labute approximate surface area is 169 Å². The van der Waals surface area contributed by atoms with Gasteiger partial charge >= 0.3 is 12.1 Å². The number of nitrogens with one attached hydrogen (secondary N) is 1. The third-order valence-electron chi connectivity index (χ3n) is 4.63. The van der Waals surface area contributed by atoms with Crippen molar-refractivity contribution in [1.82, 2.24) is 0 Å². The molecule has 7 heteroatoms. The molecule has 0 bridgehead atoms. The maximum atomic E-state index is 12.9. The Hall–Kier alpha value is -3.35. The molecule has 0 saturated heterocycles. The minimum Gasteiger partial charge on any atom is -0.450 e. The summed E-state index contributed by atoms with van der Waals surface area (Å²) in [5.41, 5.74) is 2.62. The van der Waals surface area contributed by atoms with Crippen LogP contribution in [0, 0.1) is 0 Å². The smallest absolute Gasteiger partial charge is 0.411 e. The average molecular weight is 396 g/mol. The van der Waals surface area contributed by atoms with E-state index >= 15 is 0 Å². The van der Waals surface area contributed by atoms with Crippen molar-refractivity contribution in [1.29, 1.82) is 0 Å². The van der Waals surface area contributed by atoms with E-state index in [1.54, 1.807) is 36.9 Å². The Morgan fingerprint density at radius 3 is 2.72 bits per heavy atom. The number of fused-ring (bicyclic) bond motifs is 1. The number of anilines is 2. The van der Waals surface area contributed by atoms with Crippen LogP contribution in [0.25, 0.3) is 0 Å². The average Bonchev–Trinajstić information content (AvgIpc) is 2.73. The molecule has 0 spiro atoms. The van der Waals surface area contributed by atoms with Crippen LogP contribution in [0.2, 0.25) is 0 Å². The van der Waals surface area contributed by atoms with Gasteiger partial charge in [0.15, 0.2) is 6.10 Å². The summed E-state index contributed by atoms with van der Waals surface area (Å²) >= 11 is 0. The van der Waals surface area contributed by atoms with E-state index in [0.29, 0.717) is 12.2 Å². The standard InChI is InChI=1S/C22H24N2O5/c1-3-28-22(27)23-18-11-6-9-17(14-18)21(26)29-15(2)20(25)24-13-7-10-16-8-4-5-12-19(16)24/h4-6,8-9,11-12,14-15H,3,7,10,13H2,1-2H3,(H,23,27). The largest absolute Gasteiger partial charge is 0.450 e. The second-order valence-electron chi connectivity index (χ2n) is 6.70. The monoisotopic (exact) mass is 396 g/mol. The summed E-state index contributed by atoms with van der Waals surface area (Å²) in [7, 11) is 0. The number of ether oxygens (including phenoxy) is 2. The second kappa shape index (κ2) is 9.23. The number of amides is 2. The molecule has 3 rings (SSSR count). The molecular formula is C22H24N2O5. The van der Waals surface area contributed by atoms with E-state index in [0.717, 1.165) is 24.1 Å². The molecule has 152 valence electrons. The summed E-state index contributed by atoms with van der Waals surface area (Å²) in [5, 5.41) is 2.53. The van der Waals surface area contributed by atoms with Crippen LogP contribution in [-0.4, -0.2) is 37.2 Å². The van der Waals surface area contributed by atoms with Crippen molar-refractivity contribution in [3.05, 3.63) is 59.7 Å². The first-order valence-electron chi connectivity index (χ1n) is 9.63. The highest BCUT2D eigenvalue weighted by Crippen LogP contribution is 2.27. The van der Waals surface area contributed by atoms with Crippen molar-refractivity contribution < 1.29 is 23.9 Å². The molecule has 1 aliphatic rings. The van der Waals surface area contributed by atoms with Gasteiger partial charge in [-0.2, -0.15) is 0 Å². The number of para-hydroxylation sites is 1. The van der Waals surface area contributed by atoms with Gasteiger partial charge in [0.2, 0.25) is 0 Å². The summed E-state index contributed by atoms with van der Waals surface area (Å²) < 4.78 is 10.2. The first-order valence-corrected chi connectivity index (χ1v) is 9.63. The third kappa shape index (κ3) is 4.93. The lowest BCUT2D eigenvalue weighted by Gasteiger charge is -2.31. The van der Waals surface area contributed by atoms with Crippen molar-refractivity contribution in [2.75, 3.05) is 23.4 Å². The minimum atomic E-state index is -0.935. The maximum Gasteiger partial charge on any atom is 0.411 e. The molecule has 7 nitrogen and oxygen atoms in total. The van der Waals surface area contributed by atoms with Gasteiger partial charge in [-0.25, -0.2) is 9.59 Å². The molecular weight excluding hydrogens is 372 g/mol. The van der Waals surface area contributed by atoms with Crippen LogP contribution in [0.1, 0.15) is 36.2 Å². The number of rotatable bonds is 5. The Balaban J connectivity index is 1.66. The lowest BCUT2D eigenvalue weighted by Crippen LogP contribution is -2.42. The number of benzene rings is 2. The molecule has 1 unspecified atom stereocenters. The van der Waals surface area contributed by atoms with Gasteiger partial charge in [-0.3, -0.25) is 10.1 Å². The highest BCUT2D eigenvalue weighted by Gasteiger charge is 2.28. The van der Waals surface area contributed by atoms with Gasteiger partial charge in [-0.1, -0.05) is 24.3 Å². The molecule has 1 heterocycles. The Morgan fingerprint density at radius 2 is 1.93 bits per heavy atom. The zero-order valence-electron chi connectivity index (χ0n) is 16.5. The predicted molar refractivity (Wildman–Crippen MR) is 109 cm³/mol. The molecule has 0 aliphatic carbocycles. The summed E-state index contributed by atoms with van der Waals surface area (Å²) in [5.74, 6) is -0.894. The molecule has 1 aliphatic heterocycles. The van der Waals surface area contributed by atoms with Crippen LogP contribution in [-0.2, 0) is 20.7 Å². The highest BCUT2D eigenvalue weighted by molar-refractivity contribution is 6.00. The van der Waals surface area contributed by atoms with Crippen molar-refractivity contribution in [2.24, 2.45) is 0 Å². The minimum absolute atomic E-state index is 0.234. The summed E-state index contributed by atoms with van der Waals surface area (Å²) in [6, 6.07) is 14.0. The van der Waals surface area contributed by atoms with Crippen molar-refractivity contribution in [3.63, 3.8) is 0 Å². The number of carbonyl (C=O) groups is 3. The van der Waals surface area contributed by atoms with E-state index in [2.05, 4.69) is 5.32 Å². The van der Waals surface area contributed by atoms with Gasteiger partial charge in [0, 0.05) is 17.9 Å².